The second kappa shape index (κ2) is 6.59. The van der Waals surface area contributed by atoms with Crippen LogP contribution in [0, 0.1) is 5.82 Å². The van der Waals surface area contributed by atoms with Gasteiger partial charge in [0.25, 0.3) is 0 Å². The number of carbonyl (C=O) groups excluding carboxylic acids is 1. The van der Waals surface area contributed by atoms with Crippen LogP contribution >= 0.6 is 23.2 Å². The van der Waals surface area contributed by atoms with Crippen LogP contribution in [0.2, 0.25) is 10.0 Å². The number of benzene rings is 2. The molecule has 0 aliphatic heterocycles. The standard InChI is InChI=1S/C14H9Cl2FO3/c15-9-1-6-12(16)13(7-9)19-8-14(18)20-11-4-2-10(17)3-5-11/h1-7H,8H2. The molecule has 0 radical (unpaired) electrons. The number of hydrogen-bond donors (Lipinski definition) is 0. The van der Waals surface area contributed by atoms with E-state index >= 15 is 0 Å². The van der Waals surface area contributed by atoms with E-state index in [1.807, 2.05) is 0 Å². The maximum absolute atomic E-state index is 12.7. The normalized spacial score (nSPS) is 10.2. The Morgan fingerprint density at radius 2 is 1.80 bits per heavy atom. The van der Waals surface area contributed by atoms with Crippen LogP contribution in [-0.4, -0.2) is 12.6 Å². The van der Waals surface area contributed by atoms with Crippen molar-refractivity contribution >= 4 is 29.2 Å². The predicted molar refractivity (Wildman–Crippen MR) is 74.0 cm³/mol. The number of hydrogen-bond acceptors (Lipinski definition) is 3. The van der Waals surface area contributed by atoms with Crippen molar-refractivity contribution in [1.29, 1.82) is 0 Å². The van der Waals surface area contributed by atoms with E-state index in [9.17, 15) is 9.18 Å². The molecule has 0 fully saturated rings. The summed E-state index contributed by atoms with van der Waals surface area (Å²) in [6.07, 6.45) is 0. The first kappa shape index (κ1) is 14.6. The summed E-state index contributed by atoms with van der Waals surface area (Å²) >= 11 is 11.7. The highest BCUT2D eigenvalue weighted by Crippen LogP contribution is 2.27. The lowest BCUT2D eigenvalue weighted by Gasteiger charge is -2.08. The first-order chi connectivity index (χ1) is 9.54. The first-order valence-corrected chi connectivity index (χ1v) is 6.34. The largest absolute Gasteiger partial charge is 0.480 e. The summed E-state index contributed by atoms with van der Waals surface area (Å²) in [7, 11) is 0. The Bertz CT molecular complexity index is 614. The summed E-state index contributed by atoms with van der Waals surface area (Å²) in [6.45, 7) is -0.336. The van der Waals surface area contributed by atoms with Gasteiger partial charge in [0, 0.05) is 11.1 Å². The Morgan fingerprint density at radius 3 is 2.50 bits per heavy atom. The van der Waals surface area contributed by atoms with Gasteiger partial charge in [0.15, 0.2) is 6.61 Å². The number of carbonyl (C=O) groups is 1. The summed E-state index contributed by atoms with van der Waals surface area (Å²) in [5, 5.41) is 0.778. The molecule has 6 heteroatoms. The molecule has 0 N–H and O–H groups in total. The number of esters is 1. The zero-order valence-electron chi connectivity index (χ0n) is 10.1. The second-order valence-electron chi connectivity index (χ2n) is 3.79. The smallest absolute Gasteiger partial charge is 0.349 e. The molecule has 0 aromatic heterocycles. The summed E-state index contributed by atoms with van der Waals surface area (Å²) in [5.41, 5.74) is 0. The van der Waals surface area contributed by atoms with Crippen molar-refractivity contribution < 1.29 is 18.7 Å². The van der Waals surface area contributed by atoms with Crippen LogP contribution in [0.5, 0.6) is 11.5 Å². The van der Waals surface area contributed by atoms with Gasteiger partial charge in [-0.2, -0.15) is 0 Å². The van der Waals surface area contributed by atoms with Gasteiger partial charge >= 0.3 is 5.97 Å². The van der Waals surface area contributed by atoms with Crippen molar-refractivity contribution in [3.8, 4) is 11.5 Å². The summed E-state index contributed by atoms with van der Waals surface area (Å²) in [4.78, 5) is 11.5. The van der Waals surface area contributed by atoms with Gasteiger partial charge in [-0.1, -0.05) is 23.2 Å². The quantitative estimate of drug-likeness (QED) is 0.629. The van der Waals surface area contributed by atoms with E-state index in [0.29, 0.717) is 10.0 Å². The first-order valence-electron chi connectivity index (χ1n) is 5.59. The molecule has 0 aliphatic carbocycles. The maximum atomic E-state index is 12.7. The third-order valence-corrected chi connectivity index (χ3v) is 2.83. The van der Waals surface area contributed by atoms with E-state index in [0.717, 1.165) is 0 Å². The monoisotopic (exact) mass is 314 g/mol. The molecule has 2 aromatic rings. The van der Waals surface area contributed by atoms with Crippen molar-refractivity contribution in [1.82, 2.24) is 0 Å². The van der Waals surface area contributed by atoms with Gasteiger partial charge in [-0.3, -0.25) is 0 Å². The maximum Gasteiger partial charge on any atom is 0.349 e. The molecular formula is C14H9Cl2FO3. The van der Waals surface area contributed by atoms with Gasteiger partial charge in [-0.15, -0.1) is 0 Å². The van der Waals surface area contributed by atoms with Crippen molar-refractivity contribution in [3.63, 3.8) is 0 Å². The van der Waals surface area contributed by atoms with Gasteiger partial charge in [-0.05, 0) is 36.4 Å². The molecule has 2 rings (SSSR count). The lowest BCUT2D eigenvalue weighted by Crippen LogP contribution is -2.17. The molecule has 3 nitrogen and oxygen atoms in total. The predicted octanol–water partition coefficient (Wildman–Crippen LogP) is 4.12. The zero-order chi connectivity index (χ0) is 14.5. The highest BCUT2D eigenvalue weighted by molar-refractivity contribution is 6.34. The Labute approximate surface area is 124 Å². The lowest BCUT2D eigenvalue weighted by molar-refractivity contribution is -0.136. The van der Waals surface area contributed by atoms with E-state index in [-0.39, 0.29) is 18.1 Å². The van der Waals surface area contributed by atoms with Crippen molar-refractivity contribution in [2.45, 2.75) is 0 Å². The van der Waals surface area contributed by atoms with E-state index in [1.165, 1.54) is 30.3 Å². The average molecular weight is 315 g/mol. The fourth-order valence-corrected chi connectivity index (χ4v) is 1.72. The van der Waals surface area contributed by atoms with Crippen LogP contribution in [0.4, 0.5) is 4.39 Å². The van der Waals surface area contributed by atoms with Crippen LogP contribution in [-0.2, 0) is 4.79 Å². The Hall–Kier alpha value is -1.78. The molecular weight excluding hydrogens is 306 g/mol. The molecule has 2 aromatic carbocycles. The third-order valence-electron chi connectivity index (χ3n) is 2.28. The topological polar surface area (TPSA) is 35.5 Å². The molecule has 0 amide bonds. The van der Waals surface area contributed by atoms with E-state index < -0.39 is 11.8 Å². The highest BCUT2D eigenvalue weighted by Gasteiger charge is 2.09. The fraction of sp³-hybridized carbons (Fsp3) is 0.0714. The van der Waals surface area contributed by atoms with E-state index in [1.54, 1.807) is 12.1 Å². The van der Waals surface area contributed by atoms with Crippen LogP contribution in [0.3, 0.4) is 0 Å². The van der Waals surface area contributed by atoms with Crippen LogP contribution in [0.25, 0.3) is 0 Å². The van der Waals surface area contributed by atoms with Crippen LogP contribution < -0.4 is 9.47 Å². The number of halogens is 3. The minimum absolute atomic E-state index is 0.234. The fourth-order valence-electron chi connectivity index (χ4n) is 1.39. The Morgan fingerprint density at radius 1 is 1.10 bits per heavy atom. The van der Waals surface area contributed by atoms with Crippen molar-refractivity contribution in [2.75, 3.05) is 6.61 Å². The SMILES string of the molecule is O=C(COc1cc(Cl)ccc1Cl)Oc1ccc(F)cc1. The van der Waals surface area contributed by atoms with Crippen LogP contribution in [0.1, 0.15) is 0 Å². The van der Waals surface area contributed by atoms with Gasteiger partial charge in [-0.25, -0.2) is 9.18 Å². The van der Waals surface area contributed by atoms with Crippen molar-refractivity contribution in [2.24, 2.45) is 0 Å². The number of ether oxygens (including phenoxy) is 2. The minimum atomic E-state index is -0.632. The van der Waals surface area contributed by atoms with E-state index in [2.05, 4.69) is 0 Å². The third kappa shape index (κ3) is 4.11. The molecule has 0 bridgehead atoms. The van der Waals surface area contributed by atoms with E-state index in [4.69, 9.17) is 32.7 Å². The summed E-state index contributed by atoms with van der Waals surface area (Å²) in [5.74, 6) is -0.521. The Kier molecular flexibility index (Phi) is 4.82. The van der Waals surface area contributed by atoms with Gasteiger partial charge < -0.3 is 9.47 Å². The Balaban J connectivity index is 1.92. The second-order valence-corrected chi connectivity index (χ2v) is 4.64. The average Bonchev–Trinajstić information content (AvgIpc) is 2.42. The molecule has 20 heavy (non-hydrogen) atoms. The highest BCUT2D eigenvalue weighted by atomic mass is 35.5. The lowest BCUT2D eigenvalue weighted by atomic mass is 10.3. The zero-order valence-corrected chi connectivity index (χ0v) is 11.6. The molecule has 0 spiro atoms. The van der Waals surface area contributed by atoms with Gasteiger partial charge in [0.2, 0.25) is 0 Å². The summed E-state index contributed by atoms with van der Waals surface area (Å²) in [6, 6.07) is 9.74. The molecule has 0 saturated carbocycles. The molecule has 104 valence electrons. The number of rotatable bonds is 4. The van der Waals surface area contributed by atoms with Gasteiger partial charge in [0.05, 0.1) is 5.02 Å². The molecule has 0 unspecified atom stereocenters. The molecule has 0 heterocycles. The molecule has 0 atom stereocenters. The van der Waals surface area contributed by atoms with Crippen molar-refractivity contribution in [3.05, 3.63) is 58.3 Å². The molecule has 0 aliphatic rings. The van der Waals surface area contributed by atoms with Crippen LogP contribution in [0.15, 0.2) is 42.5 Å². The summed E-state index contributed by atoms with van der Waals surface area (Å²) < 4.78 is 22.8. The molecule has 0 saturated heterocycles. The minimum Gasteiger partial charge on any atom is -0.480 e. The van der Waals surface area contributed by atoms with Gasteiger partial charge in [0.1, 0.15) is 17.3 Å².